The topological polar surface area (TPSA) is 79.2 Å². The molecular weight excluding hydrogens is 558 g/mol. The highest BCUT2D eigenvalue weighted by molar-refractivity contribution is 5.80. The van der Waals surface area contributed by atoms with Gasteiger partial charge in [0, 0.05) is 64.0 Å². The fraction of sp³-hybridized carbons (Fsp3) is 0.519. The summed E-state index contributed by atoms with van der Waals surface area (Å²) in [6.07, 6.45) is -8.27. The smallest absolute Gasteiger partial charge is 0.423 e. The van der Waals surface area contributed by atoms with Gasteiger partial charge in [0.1, 0.15) is 23.2 Å². The number of carbonyl (C=O) groups is 1. The van der Waals surface area contributed by atoms with Crippen LogP contribution in [0.25, 0.3) is 0 Å². The van der Waals surface area contributed by atoms with E-state index >= 15 is 0 Å². The number of benzene rings is 2. The van der Waals surface area contributed by atoms with E-state index in [2.05, 4.69) is 4.90 Å². The summed E-state index contributed by atoms with van der Waals surface area (Å²) in [6, 6.07) is 7.71. The molecule has 14 heteroatoms. The molecule has 0 spiro atoms. The predicted molar refractivity (Wildman–Crippen MR) is 138 cm³/mol. The second kappa shape index (κ2) is 12.6. The molecule has 4 rings (SSSR count). The number of hydrogen-bond donors (Lipinski definition) is 0. The van der Waals surface area contributed by atoms with Gasteiger partial charge in [0.05, 0.1) is 17.0 Å². The maximum Gasteiger partial charge on any atom is 0.423 e. The number of likely N-dealkylation sites (tertiary alicyclic amines) is 1. The lowest BCUT2D eigenvalue weighted by Crippen LogP contribution is -2.47. The molecule has 2 aliphatic heterocycles. The normalized spacial score (nSPS) is 18.0. The molecule has 2 aromatic rings. The molecule has 2 aliphatic rings. The van der Waals surface area contributed by atoms with E-state index in [1.165, 1.54) is 12.1 Å². The zero-order chi connectivity index (χ0) is 29.8. The van der Waals surface area contributed by atoms with E-state index in [-0.39, 0.29) is 24.2 Å². The minimum absolute atomic E-state index is 0.0692. The van der Waals surface area contributed by atoms with Crippen LogP contribution >= 0.6 is 0 Å². The first-order chi connectivity index (χ1) is 19.3. The average molecular weight is 589 g/mol. The minimum atomic E-state index is -4.88. The summed E-state index contributed by atoms with van der Waals surface area (Å²) in [5.41, 5.74) is -2.34. The van der Waals surface area contributed by atoms with Crippen LogP contribution < -0.4 is 9.64 Å². The maximum absolute atomic E-state index is 13.2. The van der Waals surface area contributed by atoms with Crippen molar-refractivity contribution < 1.29 is 40.8 Å². The van der Waals surface area contributed by atoms with Gasteiger partial charge in [-0.25, -0.2) is 0 Å². The van der Waals surface area contributed by atoms with Crippen molar-refractivity contribution in [3.8, 4) is 5.75 Å². The van der Waals surface area contributed by atoms with Crippen LogP contribution in [0.5, 0.6) is 5.75 Å². The molecule has 0 atom stereocenters. The molecule has 0 amide bonds. The van der Waals surface area contributed by atoms with Gasteiger partial charge in [-0.15, -0.1) is 0 Å². The fourth-order valence-electron chi connectivity index (χ4n) is 5.05. The molecule has 0 radical (unpaired) electrons. The van der Waals surface area contributed by atoms with Gasteiger partial charge in [0.2, 0.25) is 0 Å². The first kappa shape index (κ1) is 30.6. The Labute approximate surface area is 232 Å². The molecule has 2 aromatic carbocycles. The number of piperazine rings is 1. The molecule has 2 fully saturated rings. The van der Waals surface area contributed by atoms with Gasteiger partial charge in [-0.2, -0.15) is 26.3 Å². The van der Waals surface area contributed by atoms with Crippen molar-refractivity contribution in [2.75, 3.05) is 57.3 Å². The van der Waals surface area contributed by atoms with Crippen molar-refractivity contribution in [3.63, 3.8) is 0 Å². The molecule has 2 saturated heterocycles. The SMILES string of the molecule is O=C(CCN1CCN(c2ccc(C(F)(F)F)cc2)CC1)CN1CCC(Oc2ccc([N+](=O)[O-])c(C(F)(F)F)c2)CC1. The summed E-state index contributed by atoms with van der Waals surface area (Å²) in [7, 11) is 0. The van der Waals surface area contributed by atoms with E-state index in [9.17, 15) is 41.3 Å². The van der Waals surface area contributed by atoms with E-state index in [0.29, 0.717) is 71.1 Å². The highest BCUT2D eigenvalue weighted by Crippen LogP contribution is 2.38. The Kier molecular flexibility index (Phi) is 9.42. The van der Waals surface area contributed by atoms with Crippen LogP contribution in [0.1, 0.15) is 30.4 Å². The second-order valence-electron chi connectivity index (χ2n) is 10.2. The number of nitrogens with zero attached hydrogens (tertiary/aromatic N) is 4. The van der Waals surface area contributed by atoms with Crippen LogP contribution in [0.4, 0.5) is 37.7 Å². The number of ether oxygens (including phenoxy) is 1. The minimum Gasteiger partial charge on any atom is -0.490 e. The first-order valence-electron chi connectivity index (χ1n) is 13.2. The molecule has 224 valence electrons. The van der Waals surface area contributed by atoms with Crippen LogP contribution in [0.3, 0.4) is 0 Å². The number of rotatable bonds is 9. The summed E-state index contributed by atoms with van der Waals surface area (Å²) in [6.45, 7) is 4.57. The third-order valence-electron chi connectivity index (χ3n) is 7.35. The number of halogens is 6. The zero-order valence-electron chi connectivity index (χ0n) is 22.1. The second-order valence-corrected chi connectivity index (χ2v) is 10.2. The standard InChI is InChI=1S/C27H30F6N4O4/c28-26(29,30)19-1-3-20(4-2-19)36-15-13-34(14-16-36)10-7-21(38)18-35-11-8-22(9-12-35)41-23-5-6-25(37(39)40)24(17-23)27(31,32)33/h1-6,17,22H,7-16,18H2. The number of Topliss-reactive ketones (excluding diaryl/α,β-unsaturated/α-hetero) is 1. The maximum atomic E-state index is 13.2. The molecular formula is C27H30F6N4O4. The Morgan fingerprint density at radius 2 is 1.51 bits per heavy atom. The van der Waals surface area contributed by atoms with Crippen molar-refractivity contribution in [1.82, 2.24) is 9.80 Å². The lowest BCUT2D eigenvalue weighted by atomic mass is 10.1. The van der Waals surface area contributed by atoms with Crippen LogP contribution in [-0.2, 0) is 17.1 Å². The number of anilines is 1. The van der Waals surface area contributed by atoms with E-state index < -0.39 is 34.1 Å². The third-order valence-corrected chi connectivity index (χ3v) is 7.35. The monoisotopic (exact) mass is 588 g/mol. The molecule has 41 heavy (non-hydrogen) atoms. The van der Waals surface area contributed by atoms with Gasteiger partial charge in [-0.1, -0.05) is 0 Å². The van der Waals surface area contributed by atoms with Crippen molar-refractivity contribution in [2.24, 2.45) is 0 Å². The molecule has 0 saturated carbocycles. The number of piperidine rings is 1. The van der Waals surface area contributed by atoms with Crippen LogP contribution in [0.2, 0.25) is 0 Å². The average Bonchev–Trinajstić information content (AvgIpc) is 2.92. The highest BCUT2D eigenvalue weighted by atomic mass is 19.4. The molecule has 2 heterocycles. The van der Waals surface area contributed by atoms with Gasteiger partial charge in [0.25, 0.3) is 5.69 Å². The van der Waals surface area contributed by atoms with Crippen molar-refractivity contribution in [1.29, 1.82) is 0 Å². The molecule has 0 bridgehead atoms. The van der Waals surface area contributed by atoms with Crippen LogP contribution in [0.15, 0.2) is 42.5 Å². The quantitative estimate of drug-likeness (QED) is 0.225. The molecule has 0 aromatic heterocycles. The number of ketones is 1. The highest BCUT2D eigenvalue weighted by Gasteiger charge is 2.39. The Morgan fingerprint density at radius 3 is 2.07 bits per heavy atom. The van der Waals surface area contributed by atoms with Gasteiger partial charge >= 0.3 is 12.4 Å². The Balaban J connectivity index is 1.16. The summed E-state index contributed by atoms with van der Waals surface area (Å²) < 4.78 is 83.7. The number of alkyl halides is 6. The lowest BCUT2D eigenvalue weighted by Gasteiger charge is -2.36. The molecule has 0 aliphatic carbocycles. The van der Waals surface area contributed by atoms with Crippen molar-refractivity contribution in [3.05, 3.63) is 63.7 Å². The van der Waals surface area contributed by atoms with Gasteiger partial charge in [0.15, 0.2) is 0 Å². The molecule has 8 nitrogen and oxygen atoms in total. The van der Waals surface area contributed by atoms with Gasteiger partial charge < -0.3 is 9.64 Å². The number of nitro benzene ring substituents is 1. The predicted octanol–water partition coefficient (Wildman–Crippen LogP) is 5.26. The summed E-state index contributed by atoms with van der Waals surface area (Å²) in [5.74, 6) is -0.0180. The van der Waals surface area contributed by atoms with E-state index in [0.717, 1.165) is 30.0 Å². The van der Waals surface area contributed by atoms with E-state index in [1.807, 2.05) is 9.80 Å². The number of hydrogen-bond acceptors (Lipinski definition) is 7. The molecule has 0 unspecified atom stereocenters. The van der Waals surface area contributed by atoms with Gasteiger partial charge in [-0.3, -0.25) is 24.7 Å². The van der Waals surface area contributed by atoms with Crippen LogP contribution in [0, 0.1) is 10.1 Å². The summed E-state index contributed by atoms with van der Waals surface area (Å²) in [5, 5.41) is 10.9. The zero-order valence-corrected chi connectivity index (χ0v) is 22.1. The summed E-state index contributed by atoms with van der Waals surface area (Å²) in [4.78, 5) is 28.6. The third kappa shape index (κ3) is 8.32. The van der Waals surface area contributed by atoms with Gasteiger partial charge in [-0.05, 0) is 49.2 Å². The fourth-order valence-corrected chi connectivity index (χ4v) is 5.05. The number of carbonyl (C=O) groups excluding carboxylic acids is 1. The van der Waals surface area contributed by atoms with E-state index in [4.69, 9.17) is 4.74 Å². The van der Waals surface area contributed by atoms with E-state index in [1.54, 1.807) is 0 Å². The van der Waals surface area contributed by atoms with Crippen LogP contribution in [-0.4, -0.2) is 79.0 Å². The number of nitro groups is 1. The largest absolute Gasteiger partial charge is 0.490 e. The van der Waals surface area contributed by atoms with Crippen molar-refractivity contribution in [2.45, 2.75) is 37.7 Å². The van der Waals surface area contributed by atoms with Crippen molar-refractivity contribution >= 4 is 17.2 Å². The first-order valence-corrected chi connectivity index (χ1v) is 13.2. The lowest BCUT2D eigenvalue weighted by molar-refractivity contribution is -0.388. The Hall–Kier alpha value is -3.39. The Morgan fingerprint density at radius 1 is 0.878 bits per heavy atom. The Bertz CT molecular complexity index is 1210. The summed E-state index contributed by atoms with van der Waals surface area (Å²) >= 11 is 0. The molecule has 0 N–H and O–H groups in total.